The summed E-state index contributed by atoms with van der Waals surface area (Å²) in [5.74, 6) is 0. The summed E-state index contributed by atoms with van der Waals surface area (Å²) in [6, 6.07) is 0. The fourth-order valence-corrected chi connectivity index (χ4v) is 31.5. The molecule has 104 valence electrons. The molecule has 0 aromatic rings. The van der Waals surface area contributed by atoms with Gasteiger partial charge in [0.05, 0.1) is 0 Å². The molecule has 1 unspecified atom stereocenters. The molecule has 0 rings (SSSR count). The fourth-order valence-electron chi connectivity index (χ4n) is 1.23. The van der Waals surface area contributed by atoms with Crippen molar-refractivity contribution in [3.63, 3.8) is 0 Å². The van der Waals surface area contributed by atoms with Crippen LogP contribution >= 0.6 is 0 Å². The normalized spacial score (nSPS) is 15.7. The molecule has 0 aliphatic heterocycles. The summed E-state index contributed by atoms with van der Waals surface area (Å²) in [7, 11) is -2.76. The molecule has 0 spiro atoms. The standard InChI is InChI=1S/C4H9.2C3H9OSi.O.2Sn.3H/c1-3-4-2;2*1-5(2,3)4;;;;;;/h1,3-4H2,2H3;2*1-3H3;;;;;;/q;2*-1;;2*+1;;;. The summed E-state index contributed by atoms with van der Waals surface area (Å²) in [4.78, 5) is 0. The van der Waals surface area contributed by atoms with Gasteiger partial charge in [-0.25, -0.2) is 0 Å². The van der Waals surface area contributed by atoms with Crippen molar-refractivity contribution in [1.29, 1.82) is 0 Å². The van der Waals surface area contributed by atoms with Gasteiger partial charge in [0.2, 0.25) is 0 Å². The SMILES string of the molecule is CCC[CH2][SnH]([O][SnH2][O][Si](C)(C)C)[O][Si](C)(C)C. The van der Waals surface area contributed by atoms with Gasteiger partial charge < -0.3 is 0 Å². The van der Waals surface area contributed by atoms with Crippen LogP contribution in [0, 0.1) is 0 Å². The summed E-state index contributed by atoms with van der Waals surface area (Å²) in [6.07, 6.45) is 2.51. The Bertz CT molecular complexity index is 205. The molecular formula is C10H30O3Si2Sn2. The first-order valence-electron chi connectivity index (χ1n) is 6.57. The monoisotopic (exact) mass is 494 g/mol. The first kappa shape index (κ1) is 18.9. The van der Waals surface area contributed by atoms with E-state index in [2.05, 4.69) is 46.2 Å². The van der Waals surface area contributed by atoms with Crippen LogP contribution in [0.25, 0.3) is 0 Å². The molecular weight excluding hydrogens is 462 g/mol. The van der Waals surface area contributed by atoms with Gasteiger partial charge in [0.1, 0.15) is 0 Å². The molecule has 0 fully saturated rings. The molecule has 0 N–H and O–H groups in total. The molecule has 1 atom stereocenters. The average Bonchev–Trinajstić information content (AvgIpc) is 2.09. The molecule has 7 heteroatoms. The van der Waals surface area contributed by atoms with Gasteiger partial charge >= 0.3 is 130 Å². The third kappa shape index (κ3) is 14.1. The van der Waals surface area contributed by atoms with E-state index in [0.717, 1.165) is 0 Å². The third-order valence-corrected chi connectivity index (χ3v) is 34.4. The van der Waals surface area contributed by atoms with E-state index >= 15 is 0 Å². The van der Waals surface area contributed by atoms with Gasteiger partial charge in [0.15, 0.2) is 0 Å². The van der Waals surface area contributed by atoms with E-state index in [4.69, 9.17) is 6.94 Å². The van der Waals surface area contributed by atoms with Crippen molar-refractivity contribution in [2.75, 3.05) is 0 Å². The number of rotatable bonds is 9. The van der Waals surface area contributed by atoms with Crippen LogP contribution in [-0.4, -0.2) is 59.2 Å². The Balaban J connectivity index is 4.02. The zero-order chi connectivity index (χ0) is 13.5. The number of hydrogen-bond acceptors (Lipinski definition) is 3. The maximum absolute atomic E-state index is 6.27. The first-order valence-corrected chi connectivity index (χ1v) is 21.7. The topological polar surface area (TPSA) is 27.7 Å². The molecule has 0 saturated carbocycles. The Hall–Kier alpha value is 1.91. The quantitative estimate of drug-likeness (QED) is 0.464. The van der Waals surface area contributed by atoms with E-state index in [9.17, 15) is 0 Å². The van der Waals surface area contributed by atoms with Crippen LogP contribution in [0.4, 0.5) is 0 Å². The second-order valence-corrected chi connectivity index (χ2v) is 31.9. The molecule has 0 aromatic carbocycles. The fraction of sp³-hybridized carbons (Fsp3) is 1.00. The zero-order valence-corrected chi connectivity index (χ0v) is 22.0. The molecule has 3 nitrogen and oxygen atoms in total. The van der Waals surface area contributed by atoms with E-state index in [-0.39, 0.29) is 0 Å². The van der Waals surface area contributed by atoms with Gasteiger partial charge in [0.25, 0.3) is 0 Å². The maximum atomic E-state index is 6.27. The number of hydrogen-bond donors (Lipinski definition) is 0. The van der Waals surface area contributed by atoms with E-state index in [1.807, 2.05) is 0 Å². The second kappa shape index (κ2) is 8.96. The van der Waals surface area contributed by atoms with Gasteiger partial charge in [-0.15, -0.1) is 0 Å². The summed E-state index contributed by atoms with van der Waals surface area (Å²) < 4.78 is 19.6. The predicted octanol–water partition coefficient (Wildman–Crippen LogP) is 2.73. The predicted molar refractivity (Wildman–Crippen MR) is 85.4 cm³/mol. The minimum absolute atomic E-state index is 1.23. The van der Waals surface area contributed by atoms with Gasteiger partial charge in [-0.05, 0) is 0 Å². The van der Waals surface area contributed by atoms with Crippen LogP contribution in [0.5, 0.6) is 0 Å². The second-order valence-electron chi connectivity index (χ2n) is 6.34. The summed E-state index contributed by atoms with van der Waals surface area (Å²) in [6.45, 7) is 15.7. The molecule has 0 aromatic heterocycles. The van der Waals surface area contributed by atoms with E-state index in [0.29, 0.717) is 0 Å². The van der Waals surface area contributed by atoms with Crippen molar-refractivity contribution in [2.24, 2.45) is 0 Å². The van der Waals surface area contributed by atoms with Crippen molar-refractivity contribution in [1.82, 2.24) is 0 Å². The summed E-state index contributed by atoms with van der Waals surface area (Å²) in [5.41, 5.74) is 0. The van der Waals surface area contributed by atoms with Gasteiger partial charge in [-0.1, -0.05) is 0 Å². The molecule has 0 heterocycles. The molecule has 0 aliphatic rings. The van der Waals surface area contributed by atoms with Crippen LogP contribution in [0.15, 0.2) is 0 Å². The Kier molecular flexibility index (Phi) is 9.97. The van der Waals surface area contributed by atoms with Gasteiger partial charge in [0, 0.05) is 0 Å². The van der Waals surface area contributed by atoms with E-state index in [1.54, 1.807) is 0 Å². The Morgan fingerprint density at radius 2 is 1.59 bits per heavy atom. The Labute approximate surface area is 128 Å². The van der Waals surface area contributed by atoms with Crippen LogP contribution < -0.4 is 0 Å². The van der Waals surface area contributed by atoms with Crippen molar-refractivity contribution in [3.8, 4) is 0 Å². The van der Waals surface area contributed by atoms with Crippen molar-refractivity contribution >= 4 is 59.2 Å². The molecule has 17 heavy (non-hydrogen) atoms. The van der Waals surface area contributed by atoms with Crippen LogP contribution in [0.3, 0.4) is 0 Å². The van der Waals surface area contributed by atoms with Crippen molar-refractivity contribution in [3.05, 3.63) is 0 Å². The van der Waals surface area contributed by atoms with E-state index < -0.39 is 59.2 Å². The average molecular weight is 492 g/mol. The number of unbranched alkanes of at least 4 members (excludes halogenated alkanes) is 1. The van der Waals surface area contributed by atoms with Gasteiger partial charge in [-0.2, -0.15) is 0 Å². The molecule has 0 bridgehead atoms. The Morgan fingerprint density at radius 1 is 1.00 bits per heavy atom. The van der Waals surface area contributed by atoms with Crippen molar-refractivity contribution in [2.45, 2.75) is 63.5 Å². The first-order chi connectivity index (χ1) is 7.64. The minimum atomic E-state index is -2.14. The molecule has 0 radical (unpaired) electrons. The Morgan fingerprint density at radius 3 is 2.00 bits per heavy atom. The molecule has 0 saturated heterocycles. The van der Waals surface area contributed by atoms with Crippen LogP contribution in [0.2, 0.25) is 43.7 Å². The van der Waals surface area contributed by atoms with Crippen LogP contribution in [0.1, 0.15) is 19.8 Å². The zero-order valence-electron chi connectivity index (χ0n) is 12.6. The summed E-state index contributed by atoms with van der Waals surface area (Å²) >= 11 is -3.57. The molecule has 0 aliphatic carbocycles. The van der Waals surface area contributed by atoms with Gasteiger partial charge in [-0.3, -0.25) is 0 Å². The van der Waals surface area contributed by atoms with E-state index in [1.165, 1.54) is 17.3 Å². The molecule has 0 amide bonds. The van der Waals surface area contributed by atoms with Crippen LogP contribution in [-0.2, 0) is 6.94 Å². The summed E-state index contributed by atoms with van der Waals surface area (Å²) in [5, 5.41) is 0. The van der Waals surface area contributed by atoms with Crippen molar-refractivity contribution < 1.29 is 6.94 Å². The third-order valence-electron chi connectivity index (χ3n) is 2.02.